The quantitative estimate of drug-likeness (QED) is 0.877. The number of fused-ring (bicyclic) bond motifs is 1. The molecule has 0 unspecified atom stereocenters. The first kappa shape index (κ1) is 18.7. The van der Waals surface area contributed by atoms with E-state index in [2.05, 4.69) is 5.32 Å². The predicted molar refractivity (Wildman–Crippen MR) is 109 cm³/mol. The number of anilines is 1. The Morgan fingerprint density at radius 1 is 1.14 bits per heavy atom. The topological polar surface area (TPSA) is 58.6 Å². The van der Waals surface area contributed by atoms with Crippen LogP contribution in [0, 0.1) is 19.8 Å². The van der Waals surface area contributed by atoms with Crippen molar-refractivity contribution in [3.05, 3.63) is 64.2 Å². The lowest BCUT2D eigenvalue weighted by Gasteiger charge is -2.26. The lowest BCUT2D eigenvalue weighted by atomic mass is 10.00. The highest BCUT2D eigenvalue weighted by Crippen LogP contribution is 2.31. The Hall–Kier alpha value is -2.66. The molecule has 2 aliphatic heterocycles. The molecule has 0 aromatic heterocycles. The number of rotatable bonds is 4. The molecule has 1 fully saturated rings. The molecule has 2 aromatic carbocycles. The zero-order valence-corrected chi connectivity index (χ0v) is 16.5. The average molecular weight is 378 g/mol. The van der Waals surface area contributed by atoms with Gasteiger partial charge in [0, 0.05) is 31.9 Å². The minimum Gasteiger partial charge on any atom is -0.381 e. The Morgan fingerprint density at radius 2 is 1.89 bits per heavy atom. The van der Waals surface area contributed by atoms with E-state index in [1.807, 2.05) is 55.1 Å². The Bertz CT molecular complexity index is 916. The Balaban J connectivity index is 1.54. The number of nitrogens with one attached hydrogen (secondary N) is 1. The summed E-state index contributed by atoms with van der Waals surface area (Å²) in [6, 6.07) is 11.4. The molecule has 5 nitrogen and oxygen atoms in total. The summed E-state index contributed by atoms with van der Waals surface area (Å²) in [6.07, 6.45) is 1.99. The highest BCUT2D eigenvalue weighted by atomic mass is 16.5. The second kappa shape index (κ2) is 7.76. The van der Waals surface area contributed by atoms with Crippen molar-refractivity contribution in [3.8, 4) is 0 Å². The van der Waals surface area contributed by atoms with Crippen molar-refractivity contribution in [3.63, 3.8) is 0 Å². The van der Waals surface area contributed by atoms with E-state index >= 15 is 0 Å². The van der Waals surface area contributed by atoms with Gasteiger partial charge in [-0.1, -0.05) is 24.3 Å². The van der Waals surface area contributed by atoms with Crippen LogP contribution in [0.5, 0.6) is 0 Å². The normalized spacial score (nSPS) is 16.9. The maximum absolute atomic E-state index is 13.1. The monoisotopic (exact) mass is 378 g/mol. The van der Waals surface area contributed by atoms with Gasteiger partial charge in [-0.3, -0.25) is 9.59 Å². The maximum atomic E-state index is 13.1. The van der Waals surface area contributed by atoms with E-state index in [4.69, 9.17) is 4.74 Å². The predicted octanol–water partition coefficient (Wildman–Crippen LogP) is 3.94. The van der Waals surface area contributed by atoms with Crippen molar-refractivity contribution < 1.29 is 14.3 Å². The largest absolute Gasteiger partial charge is 0.381 e. The fourth-order valence-electron chi connectivity index (χ4n) is 4.10. The molecule has 28 heavy (non-hydrogen) atoms. The third kappa shape index (κ3) is 3.54. The molecule has 0 atom stereocenters. The molecule has 1 N–H and O–H groups in total. The molecule has 2 heterocycles. The third-order valence-corrected chi connectivity index (χ3v) is 5.93. The first-order chi connectivity index (χ1) is 13.5. The summed E-state index contributed by atoms with van der Waals surface area (Å²) in [5.41, 5.74) is 4.89. The van der Waals surface area contributed by atoms with Crippen LogP contribution >= 0.6 is 0 Å². The summed E-state index contributed by atoms with van der Waals surface area (Å²) in [4.78, 5) is 27.8. The summed E-state index contributed by atoms with van der Waals surface area (Å²) < 4.78 is 5.42. The molecular weight excluding hydrogens is 352 g/mol. The Kier molecular flexibility index (Phi) is 5.18. The van der Waals surface area contributed by atoms with Crippen LogP contribution in [0.1, 0.15) is 50.2 Å². The molecule has 146 valence electrons. The van der Waals surface area contributed by atoms with Gasteiger partial charge in [0.1, 0.15) is 0 Å². The number of aryl methyl sites for hydroxylation is 1. The van der Waals surface area contributed by atoms with E-state index in [1.54, 1.807) is 0 Å². The van der Waals surface area contributed by atoms with Gasteiger partial charge in [-0.05, 0) is 61.4 Å². The molecule has 0 radical (unpaired) electrons. The number of amides is 2. The van der Waals surface area contributed by atoms with Crippen molar-refractivity contribution in [2.75, 3.05) is 25.1 Å². The smallest absolute Gasteiger partial charge is 0.256 e. The Morgan fingerprint density at radius 3 is 2.68 bits per heavy atom. The minimum absolute atomic E-state index is 0.0124. The van der Waals surface area contributed by atoms with E-state index in [0.717, 1.165) is 49.3 Å². The first-order valence-electron chi connectivity index (χ1n) is 9.91. The number of nitrogens with zero attached hydrogens (tertiary/aromatic N) is 1. The summed E-state index contributed by atoms with van der Waals surface area (Å²) in [5.74, 6) is 0.323. The summed E-state index contributed by atoms with van der Waals surface area (Å²) in [5, 5.41) is 2.97. The highest BCUT2D eigenvalue weighted by molar-refractivity contribution is 6.11. The standard InChI is InChI=1S/C23H26N2O3/c1-15-5-3-7-19(16(15)2)22(26)24-20-8-4-6-18-14-25(23(27)21(18)20)13-17-9-11-28-12-10-17/h3-8,17H,9-14H2,1-2H3,(H,24,26). The van der Waals surface area contributed by atoms with E-state index in [1.165, 1.54) is 0 Å². The molecule has 2 amide bonds. The first-order valence-corrected chi connectivity index (χ1v) is 9.91. The van der Waals surface area contributed by atoms with Crippen LogP contribution < -0.4 is 5.32 Å². The van der Waals surface area contributed by atoms with Gasteiger partial charge in [0.15, 0.2) is 0 Å². The molecule has 0 bridgehead atoms. The SMILES string of the molecule is Cc1cccc(C(=O)Nc2cccc3c2C(=O)N(CC2CCOCC2)C3)c1C. The van der Waals surface area contributed by atoms with Crippen molar-refractivity contribution in [1.29, 1.82) is 0 Å². The number of carbonyl (C=O) groups excluding carboxylic acids is 2. The number of hydrogen-bond acceptors (Lipinski definition) is 3. The molecule has 0 spiro atoms. The van der Waals surface area contributed by atoms with E-state index < -0.39 is 0 Å². The van der Waals surface area contributed by atoms with Crippen LogP contribution in [0.15, 0.2) is 36.4 Å². The zero-order valence-electron chi connectivity index (χ0n) is 16.5. The van der Waals surface area contributed by atoms with Crippen LogP contribution in [-0.2, 0) is 11.3 Å². The molecular formula is C23H26N2O3. The average Bonchev–Trinajstić information content (AvgIpc) is 3.01. The fraction of sp³-hybridized carbons (Fsp3) is 0.391. The second-order valence-electron chi connectivity index (χ2n) is 7.78. The van der Waals surface area contributed by atoms with Crippen LogP contribution in [0.25, 0.3) is 0 Å². The van der Waals surface area contributed by atoms with E-state index in [-0.39, 0.29) is 11.8 Å². The lowest BCUT2D eigenvalue weighted by molar-refractivity contribution is 0.0469. The van der Waals surface area contributed by atoms with Crippen molar-refractivity contribution in [2.24, 2.45) is 5.92 Å². The van der Waals surface area contributed by atoms with Crippen molar-refractivity contribution in [2.45, 2.75) is 33.2 Å². The molecule has 1 saturated heterocycles. The van der Waals surface area contributed by atoms with Crippen LogP contribution in [0.2, 0.25) is 0 Å². The zero-order chi connectivity index (χ0) is 19.7. The van der Waals surface area contributed by atoms with Crippen LogP contribution in [-0.4, -0.2) is 36.5 Å². The fourth-order valence-corrected chi connectivity index (χ4v) is 4.10. The van der Waals surface area contributed by atoms with Gasteiger partial charge in [-0.25, -0.2) is 0 Å². The number of benzene rings is 2. The molecule has 0 saturated carbocycles. The molecule has 2 aliphatic rings. The number of carbonyl (C=O) groups is 2. The molecule has 4 rings (SSSR count). The molecule has 5 heteroatoms. The van der Waals surface area contributed by atoms with Crippen LogP contribution in [0.3, 0.4) is 0 Å². The van der Waals surface area contributed by atoms with Gasteiger partial charge in [-0.2, -0.15) is 0 Å². The van der Waals surface area contributed by atoms with Gasteiger partial charge in [0.05, 0.1) is 11.3 Å². The maximum Gasteiger partial charge on any atom is 0.256 e. The highest BCUT2D eigenvalue weighted by Gasteiger charge is 2.32. The van der Waals surface area contributed by atoms with Gasteiger partial charge in [0.2, 0.25) is 0 Å². The Labute approximate surface area is 165 Å². The minimum atomic E-state index is -0.176. The van der Waals surface area contributed by atoms with Crippen molar-refractivity contribution in [1.82, 2.24) is 4.90 Å². The van der Waals surface area contributed by atoms with Crippen LogP contribution in [0.4, 0.5) is 5.69 Å². The summed E-state index contributed by atoms with van der Waals surface area (Å²) in [6.45, 7) is 6.85. The molecule has 2 aromatic rings. The number of ether oxygens (including phenoxy) is 1. The number of hydrogen-bond donors (Lipinski definition) is 1. The van der Waals surface area contributed by atoms with Gasteiger partial charge in [-0.15, -0.1) is 0 Å². The van der Waals surface area contributed by atoms with Crippen molar-refractivity contribution >= 4 is 17.5 Å². The molecule has 0 aliphatic carbocycles. The lowest BCUT2D eigenvalue weighted by Crippen LogP contribution is -2.33. The van der Waals surface area contributed by atoms with Gasteiger partial charge >= 0.3 is 0 Å². The van der Waals surface area contributed by atoms with E-state index in [0.29, 0.717) is 29.3 Å². The van der Waals surface area contributed by atoms with Gasteiger partial charge in [0.25, 0.3) is 11.8 Å². The van der Waals surface area contributed by atoms with Gasteiger partial charge < -0.3 is 15.0 Å². The third-order valence-electron chi connectivity index (χ3n) is 5.93. The van der Waals surface area contributed by atoms with E-state index in [9.17, 15) is 9.59 Å². The summed E-state index contributed by atoms with van der Waals surface area (Å²) >= 11 is 0. The summed E-state index contributed by atoms with van der Waals surface area (Å²) in [7, 11) is 0. The second-order valence-corrected chi connectivity index (χ2v) is 7.78.